The van der Waals surface area contributed by atoms with Gasteiger partial charge in [-0.1, -0.05) is 0 Å². The predicted molar refractivity (Wildman–Crippen MR) is 79.7 cm³/mol. The highest BCUT2D eigenvalue weighted by Gasteiger charge is 2.09. The third-order valence-electron chi connectivity index (χ3n) is 2.16. The molecule has 6 heteroatoms. The van der Waals surface area contributed by atoms with Crippen LogP contribution in [0.5, 0.6) is 0 Å². The van der Waals surface area contributed by atoms with Crippen molar-refractivity contribution in [2.75, 3.05) is 5.32 Å². The molecule has 0 amide bonds. The summed E-state index contributed by atoms with van der Waals surface area (Å²) in [6.45, 7) is 3.85. The van der Waals surface area contributed by atoms with Crippen molar-refractivity contribution in [3.8, 4) is 0 Å². The summed E-state index contributed by atoms with van der Waals surface area (Å²) in [5, 5.41) is 3.37. The lowest BCUT2D eigenvalue weighted by atomic mass is 10.2. The second-order valence-electron chi connectivity index (χ2n) is 3.93. The molecule has 1 aromatic carbocycles. The van der Waals surface area contributed by atoms with Gasteiger partial charge in [-0.25, -0.2) is 0 Å². The number of halogens is 1. The number of nitrogens with one attached hydrogen (secondary N) is 1. The Morgan fingerprint density at radius 1 is 1.33 bits per heavy atom. The summed E-state index contributed by atoms with van der Waals surface area (Å²) in [6, 6.07) is 3.77. The molecule has 18 heavy (non-hydrogen) atoms. The predicted octanol–water partition coefficient (Wildman–Crippen LogP) is 3.51. The van der Waals surface area contributed by atoms with E-state index in [1.165, 1.54) is 0 Å². The van der Waals surface area contributed by atoms with Crippen LogP contribution in [0.15, 0.2) is 29.0 Å². The SMILES string of the molecule is CC(C)OC(=S)Nc1ccc2nccnc2c1Br. The van der Waals surface area contributed by atoms with Crippen LogP contribution in [0.3, 0.4) is 0 Å². The molecule has 0 fully saturated rings. The van der Waals surface area contributed by atoms with Crippen LogP contribution < -0.4 is 5.32 Å². The summed E-state index contributed by atoms with van der Waals surface area (Å²) in [6.07, 6.45) is 3.36. The Labute approximate surface area is 119 Å². The minimum atomic E-state index is 0.0454. The molecule has 1 aromatic heterocycles. The molecule has 0 saturated heterocycles. The monoisotopic (exact) mass is 325 g/mol. The molecule has 0 unspecified atom stereocenters. The standard InChI is InChI=1S/C12H12BrN3OS/c1-7(2)17-12(18)16-8-3-4-9-11(10(8)13)15-6-5-14-9/h3-7H,1-2H3,(H,16,18). The fraction of sp³-hybridized carbons (Fsp3) is 0.250. The van der Waals surface area contributed by atoms with Gasteiger partial charge < -0.3 is 10.1 Å². The van der Waals surface area contributed by atoms with Gasteiger partial charge in [-0.05, 0) is 54.1 Å². The van der Waals surface area contributed by atoms with Crippen LogP contribution in [0.4, 0.5) is 5.69 Å². The summed E-state index contributed by atoms with van der Waals surface area (Å²) in [7, 11) is 0. The number of nitrogens with zero attached hydrogens (tertiary/aromatic N) is 2. The largest absolute Gasteiger partial charge is 0.468 e. The number of ether oxygens (including phenoxy) is 1. The average Bonchev–Trinajstić information content (AvgIpc) is 2.32. The molecule has 0 radical (unpaired) electrons. The van der Waals surface area contributed by atoms with Crippen LogP contribution in [-0.4, -0.2) is 21.2 Å². The van der Waals surface area contributed by atoms with Gasteiger partial charge in [-0.2, -0.15) is 0 Å². The van der Waals surface area contributed by atoms with E-state index in [2.05, 4.69) is 31.2 Å². The number of thiocarbonyl (C=S) groups is 1. The number of anilines is 1. The van der Waals surface area contributed by atoms with Crippen molar-refractivity contribution in [1.29, 1.82) is 0 Å². The zero-order valence-corrected chi connectivity index (χ0v) is 12.4. The van der Waals surface area contributed by atoms with Gasteiger partial charge in [-0.3, -0.25) is 9.97 Å². The molecular weight excluding hydrogens is 314 g/mol. The lowest BCUT2D eigenvalue weighted by Gasteiger charge is -2.13. The van der Waals surface area contributed by atoms with Crippen molar-refractivity contribution in [2.24, 2.45) is 0 Å². The van der Waals surface area contributed by atoms with Crippen LogP contribution in [0, 0.1) is 0 Å². The van der Waals surface area contributed by atoms with Crippen LogP contribution in [0.1, 0.15) is 13.8 Å². The fourth-order valence-corrected chi connectivity index (χ4v) is 2.29. The fourth-order valence-electron chi connectivity index (χ4n) is 1.45. The first-order valence-corrected chi connectivity index (χ1v) is 6.65. The first-order chi connectivity index (χ1) is 8.58. The minimum Gasteiger partial charge on any atom is -0.468 e. The Bertz CT molecular complexity index is 589. The third kappa shape index (κ3) is 2.94. The maximum atomic E-state index is 5.38. The van der Waals surface area contributed by atoms with Crippen LogP contribution in [-0.2, 0) is 4.74 Å². The molecule has 0 atom stereocenters. The normalized spacial score (nSPS) is 10.7. The summed E-state index contributed by atoms with van der Waals surface area (Å²) in [5.41, 5.74) is 2.43. The molecule has 0 saturated carbocycles. The van der Waals surface area contributed by atoms with E-state index in [4.69, 9.17) is 17.0 Å². The quantitative estimate of drug-likeness (QED) is 0.856. The first-order valence-electron chi connectivity index (χ1n) is 5.45. The summed E-state index contributed by atoms with van der Waals surface area (Å²) in [4.78, 5) is 8.50. The highest BCUT2D eigenvalue weighted by Crippen LogP contribution is 2.29. The first kappa shape index (κ1) is 13.2. The Morgan fingerprint density at radius 3 is 2.78 bits per heavy atom. The molecule has 2 rings (SSSR count). The third-order valence-corrected chi connectivity index (χ3v) is 3.16. The van der Waals surface area contributed by atoms with Gasteiger partial charge in [0.15, 0.2) is 0 Å². The van der Waals surface area contributed by atoms with Crippen LogP contribution in [0.2, 0.25) is 0 Å². The molecular formula is C12H12BrN3OS. The highest BCUT2D eigenvalue weighted by atomic mass is 79.9. The maximum absolute atomic E-state index is 5.38. The van der Waals surface area contributed by atoms with Gasteiger partial charge in [0.1, 0.15) is 5.52 Å². The van der Waals surface area contributed by atoms with Crippen molar-refractivity contribution < 1.29 is 4.74 Å². The number of hydrogen-bond acceptors (Lipinski definition) is 4. The Balaban J connectivity index is 2.29. The number of fused-ring (bicyclic) bond motifs is 1. The number of aromatic nitrogens is 2. The van der Waals surface area contributed by atoms with Crippen molar-refractivity contribution >= 4 is 50.0 Å². The van der Waals surface area contributed by atoms with E-state index in [-0.39, 0.29) is 6.10 Å². The Hall–Kier alpha value is -1.27. The molecule has 0 aliphatic rings. The highest BCUT2D eigenvalue weighted by molar-refractivity contribution is 9.10. The maximum Gasteiger partial charge on any atom is 0.261 e. The van der Waals surface area contributed by atoms with Crippen LogP contribution in [0.25, 0.3) is 11.0 Å². The molecule has 0 spiro atoms. The lowest BCUT2D eigenvalue weighted by molar-refractivity contribution is 0.235. The summed E-state index contributed by atoms with van der Waals surface area (Å²) >= 11 is 8.60. The van der Waals surface area contributed by atoms with Gasteiger partial charge in [0.2, 0.25) is 0 Å². The Kier molecular flexibility index (Phi) is 4.08. The summed E-state index contributed by atoms with van der Waals surface area (Å²) < 4.78 is 6.21. The van der Waals surface area contributed by atoms with E-state index in [1.807, 2.05) is 26.0 Å². The van der Waals surface area contributed by atoms with Crippen molar-refractivity contribution in [3.05, 3.63) is 29.0 Å². The zero-order valence-electron chi connectivity index (χ0n) is 9.98. The molecule has 1 heterocycles. The molecule has 0 bridgehead atoms. The molecule has 2 aromatic rings. The molecule has 0 aliphatic heterocycles. The van der Waals surface area contributed by atoms with Gasteiger partial charge in [-0.15, -0.1) is 0 Å². The second-order valence-corrected chi connectivity index (χ2v) is 5.09. The molecule has 94 valence electrons. The smallest absolute Gasteiger partial charge is 0.261 e. The number of rotatable bonds is 2. The number of hydrogen-bond donors (Lipinski definition) is 1. The molecule has 0 aliphatic carbocycles. The summed E-state index contributed by atoms with van der Waals surface area (Å²) in [5.74, 6) is 0. The van der Waals surface area contributed by atoms with E-state index in [0.717, 1.165) is 21.2 Å². The molecule has 4 nitrogen and oxygen atoms in total. The zero-order chi connectivity index (χ0) is 13.1. The van der Waals surface area contributed by atoms with Gasteiger partial charge >= 0.3 is 0 Å². The average molecular weight is 326 g/mol. The van der Waals surface area contributed by atoms with E-state index < -0.39 is 0 Å². The Morgan fingerprint density at radius 2 is 2.06 bits per heavy atom. The van der Waals surface area contributed by atoms with Crippen molar-refractivity contribution in [3.63, 3.8) is 0 Å². The van der Waals surface area contributed by atoms with E-state index in [0.29, 0.717) is 5.17 Å². The second kappa shape index (κ2) is 5.58. The van der Waals surface area contributed by atoms with Gasteiger partial charge in [0, 0.05) is 12.4 Å². The lowest BCUT2D eigenvalue weighted by Crippen LogP contribution is -2.18. The van der Waals surface area contributed by atoms with E-state index >= 15 is 0 Å². The number of benzene rings is 1. The van der Waals surface area contributed by atoms with Crippen molar-refractivity contribution in [1.82, 2.24) is 9.97 Å². The van der Waals surface area contributed by atoms with E-state index in [1.54, 1.807) is 12.4 Å². The van der Waals surface area contributed by atoms with E-state index in [9.17, 15) is 0 Å². The van der Waals surface area contributed by atoms with Gasteiger partial charge in [0.25, 0.3) is 5.17 Å². The van der Waals surface area contributed by atoms with Gasteiger partial charge in [0.05, 0.1) is 21.8 Å². The minimum absolute atomic E-state index is 0.0454. The molecule has 1 N–H and O–H groups in total. The topological polar surface area (TPSA) is 47.0 Å². The van der Waals surface area contributed by atoms with Crippen LogP contribution >= 0.6 is 28.1 Å². The van der Waals surface area contributed by atoms with Crippen molar-refractivity contribution in [2.45, 2.75) is 20.0 Å².